The highest BCUT2D eigenvalue weighted by molar-refractivity contribution is 6.07. The fourth-order valence-electron chi connectivity index (χ4n) is 3.28. The lowest BCUT2D eigenvalue weighted by Gasteiger charge is -2.29. The molecule has 1 aliphatic rings. The van der Waals surface area contributed by atoms with Crippen LogP contribution >= 0.6 is 0 Å². The molecular formula is C22H19FN2O2. The van der Waals surface area contributed by atoms with Crippen molar-refractivity contribution in [3.63, 3.8) is 0 Å². The smallest absolute Gasteiger partial charge is 0.258 e. The Morgan fingerprint density at radius 3 is 2.93 bits per heavy atom. The summed E-state index contributed by atoms with van der Waals surface area (Å²) in [6, 6.07) is 15.5. The van der Waals surface area contributed by atoms with Crippen LogP contribution in [0.4, 0.5) is 10.1 Å². The first-order chi connectivity index (χ1) is 13.2. The first-order valence-corrected chi connectivity index (χ1v) is 8.93. The Balaban J connectivity index is 1.54. The molecule has 0 aliphatic carbocycles. The van der Waals surface area contributed by atoms with Gasteiger partial charge in [-0.2, -0.15) is 0 Å². The number of anilines is 1. The number of rotatable bonds is 4. The number of hydrogen-bond acceptors (Lipinski definition) is 3. The number of aromatic nitrogens is 1. The minimum absolute atomic E-state index is 0.145. The molecule has 0 atom stereocenters. The Hall–Kier alpha value is -3.21. The Labute approximate surface area is 157 Å². The summed E-state index contributed by atoms with van der Waals surface area (Å²) < 4.78 is 19.5. The van der Waals surface area contributed by atoms with Crippen molar-refractivity contribution in [2.24, 2.45) is 0 Å². The number of amides is 1. The summed E-state index contributed by atoms with van der Waals surface area (Å²) in [5.41, 5.74) is 3.14. The van der Waals surface area contributed by atoms with Crippen molar-refractivity contribution in [3.8, 4) is 5.75 Å². The first-order valence-electron chi connectivity index (χ1n) is 8.93. The summed E-state index contributed by atoms with van der Waals surface area (Å²) in [5, 5.41) is 0. The van der Waals surface area contributed by atoms with Crippen molar-refractivity contribution in [1.82, 2.24) is 4.98 Å². The van der Waals surface area contributed by atoms with E-state index in [0.29, 0.717) is 30.2 Å². The Bertz CT molecular complexity index is 960. The number of benzene rings is 2. The minimum Gasteiger partial charge on any atom is -0.489 e. The van der Waals surface area contributed by atoms with Crippen LogP contribution in [0.25, 0.3) is 0 Å². The topological polar surface area (TPSA) is 42.4 Å². The molecule has 0 saturated carbocycles. The first kappa shape index (κ1) is 17.2. The molecule has 0 radical (unpaired) electrons. The van der Waals surface area contributed by atoms with Gasteiger partial charge in [0.05, 0.1) is 5.69 Å². The standard InChI is InChI=1S/C22H19FN2O2/c23-19-9-8-17-6-3-11-25(21(17)13-19)22(26)18-5-1-7-20(12-18)27-15-16-4-2-10-24-14-16/h1-2,4-5,7-10,12-14H,3,6,11,15H2. The molecule has 0 saturated heterocycles. The van der Waals surface area contributed by atoms with Crippen LogP contribution in [-0.2, 0) is 13.0 Å². The van der Waals surface area contributed by atoms with Crippen molar-refractivity contribution in [3.05, 3.63) is 89.5 Å². The Morgan fingerprint density at radius 1 is 1.15 bits per heavy atom. The number of carbonyl (C=O) groups excluding carboxylic acids is 1. The van der Waals surface area contributed by atoms with Gasteiger partial charge in [-0.1, -0.05) is 18.2 Å². The van der Waals surface area contributed by atoms with E-state index in [1.807, 2.05) is 18.2 Å². The molecule has 2 aromatic carbocycles. The largest absolute Gasteiger partial charge is 0.489 e. The second kappa shape index (κ2) is 7.58. The molecule has 0 fully saturated rings. The second-order valence-corrected chi connectivity index (χ2v) is 6.51. The number of ether oxygens (including phenoxy) is 1. The SMILES string of the molecule is O=C(c1cccc(OCc2cccnc2)c1)N1CCCc2ccc(F)cc21. The highest BCUT2D eigenvalue weighted by Crippen LogP contribution is 2.29. The van der Waals surface area contributed by atoms with Crippen molar-refractivity contribution >= 4 is 11.6 Å². The van der Waals surface area contributed by atoms with Gasteiger partial charge >= 0.3 is 0 Å². The average Bonchev–Trinajstić information content (AvgIpc) is 2.72. The molecular weight excluding hydrogens is 343 g/mol. The molecule has 4 rings (SSSR count). The molecule has 5 heteroatoms. The van der Waals surface area contributed by atoms with Gasteiger partial charge < -0.3 is 9.64 Å². The zero-order chi connectivity index (χ0) is 18.6. The van der Waals surface area contributed by atoms with E-state index in [-0.39, 0.29) is 11.7 Å². The number of carbonyl (C=O) groups is 1. The number of halogens is 1. The van der Waals surface area contributed by atoms with Gasteiger partial charge in [0.2, 0.25) is 0 Å². The third kappa shape index (κ3) is 3.82. The van der Waals surface area contributed by atoms with Crippen LogP contribution in [0.3, 0.4) is 0 Å². The van der Waals surface area contributed by atoms with E-state index in [4.69, 9.17) is 4.74 Å². The summed E-state index contributed by atoms with van der Waals surface area (Å²) in [6.07, 6.45) is 5.17. The molecule has 0 spiro atoms. The summed E-state index contributed by atoms with van der Waals surface area (Å²) in [4.78, 5) is 18.8. The number of nitrogens with zero attached hydrogens (tertiary/aromatic N) is 2. The fraction of sp³-hybridized carbons (Fsp3) is 0.182. The van der Waals surface area contributed by atoms with E-state index < -0.39 is 0 Å². The van der Waals surface area contributed by atoms with E-state index in [9.17, 15) is 9.18 Å². The number of fused-ring (bicyclic) bond motifs is 1. The third-order valence-corrected chi connectivity index (χ3v) is 4.62. The normalized spacial score (nSPS) is 13.1. The lowest BCUT2D eigenvalue weighted by Crippen LogP contribution is -2.35. The van der Waals surface area contributed by atoms with Gasteiger partial charge in [0, 0.05) is 30.1 Å². The van der Waals surface area contributed by atoms with Crippen LogP contribution in [0, 0.1) is 5.82 Å². The quantitative estimate of drug-likeness (QED) is 0.691. The maximum Gasteiger partial charge on any atom is 0.258 e. The highest BCUT2D eigenvalue weighted by Gasteiger charge is 2.24. The van der Waals surface area contributed by atoms with Crippen LogP contribution in [0.5, 0.6) is 5.75 Å². The van der Waals surface area contributed by atoms with E-state index in [1.165, 1.54) is 12.1 Å². The molecule has 1 amide bonds. The molecule has 0 unspecified atom stereocenters. The highest BCUT2D eigenvalue weighted by atomic mass is 19.1. The molecule has 136 valence electrons. The number of aryl methyl sites for hydroxylation is 1. The number of hydrogen-bond donors (Lipinski definition) is 0. The van der Waals surface area contributed by atoms with Crippen molar-refractivity contribution in [2.45, 2.75) is 19.4 Å². The Kier molecular flexibility index (Phi) is 4.83. The van der Waals surface area contributed by atoms with Gasteiger partial charge in [-0.3, -0.25) is 9.78 Å². The molecule has 0 bridgehead atoms. The van der Waals surface area contributed by atoms with Gasteiger partial charge in [-0.05, 0) is 54.8 Å². The van der Waals surface area contributed by atoms with E-state index in [0.717, 1.165) is 24.0 Å². The zero-order valence-corrected chi connectivity index (χ0v) is 14.8. The molecule has 0 N–H and O–H groups in total. The third-order valence-electron chi connectivity index (χ3n) is 4.62. The maximum atomic E-state index is 13.7. The van der Waals surface area contributed by atoms with Gasteiger partial charge in [0.25, 0.3) is 5.91 Å². The lowest BCUT2D eigenvalue weighted by atomic mass is 10.0. The molecule has 27 heavy (non-hydrogen) atoms. The monoisotopic (exact) mass is 362 g/mol. The summed E-state index contributed by atoms with van der Waals surface area (Å²) in [7, 11) is 0. The van der Waals surface area contributed by atoms with Crippen molar-refractivity contribution in [2.75, 3.05) is 11.4 Å². The van der Waals surface area contributed by atoms with Crippen molar-refractivity contribution in [1.29, 1.82) is 0 Å². The fourth-order valence-corrected chi connectivity index (χ4v) is 3.28. The Morgan fingerprint density at radius 2 is 2.07 bits per heavy atom. The summed E-state index contributed by atoms with van der Waals surface area (Å²) >= 11 is 0. The zero-order valence-electron chi connectivity index (χ0n) is 14.8. The minimum atomic E-state index is -0.331. The molecule has 1 aromatic heterocycles. The molecule has 4 nitrogen and oxygen atoms in total. The van der Waals surface area contributed by atoms with Crippen LogP contribution < -0.4 is 9.64 Å². The second-order valence-electron chi connectivity index (χ2n) is 6.51. The van der Waals surface area contributed by atoms with E-state index in [1.54, 1.807) is 41.6 Å². The van der Waals surface area contributed by atoms with Crippen LogP contribution in [-0.4, -0.2) is 17.4 Å². The summed E-state index contributed by atoms with van der Waals surface area (Å²) in [5.74, 6) is 0.136. The van der Waals surface area contributed by atoms with Crippen LogP contribution in [0.1, 0.15) is 27.9 Å². The van der Waals surface area contributed by atoms with E-state index >= 15 is 0 Å². The summed E-state index contributed by atoms with van der Waals surface area (Å²) in [6.45, 7) is 0.958. The van der Waals surface area contributed by atoms with Crippen molar-refractivity contribution < 1.29 is 13.9 Å². The molecule has 1 aliphatic heterocycles. The predicted octanol–water partition coefficient (Wildman–Crippen LogP) is 4.39. The predicted molar refractivity (Wildman–Crippen MR) is 101 cm³/mol. The molecule has 3 aromatic rings. The van der Waals surface area contributed by atoms with Gasteiger partial charge in [0.1, 0.15) is 18.2 Å². The van der Waals surface area contributed by atoms with Crippen LogP contribution in [0.15, 0.2) is 67.0 Å². The van der Waals surface area contributed by atoms with Gasteiger partial charge in [0.15, 0.2) is 0 Å². The number of pyridine rings is 1. The van der Waals surface area contributed by atoms with Crippen LogP contribution in [0.2, 0.25) is 0 Å². The maximum absolute atomic E-state index is 13.7. The van der Waals surface area contributed by atoms with Gasteiger partial charge in [-0.15, -0.1) is 0 Å². The lowest BCUT2D eigenvalue weighted by molar-refractivity contribution is 0.0984. The average molecular weight is 362 g/mol. The van der Waals surface area contributed by atoms with E-state index in [2.05, 4.69) is 4.98 Å². The molecule has 2 heterocycles. The van der Waals surface area contributed by atoms with Gasteiger partial charge in [-0.25, -0.2) is 4.39 Å².